The van der Waals surface area contributed by atoms with Gasteiger partial charge in [0.25, 0.3) is 0 Å². The van der Waals surface area contributed by atoms with Crippen LogP contribution < -0.4 is 5.73 Å². The van der Waals surface area contributed by atoms with Crippen LogP contribution in [0.3, 0.4) is 0 Å². The van der Waals surface area contributed by atoms with E-state index in [-0.39, 0.29) is 39.9 Å². The van der Waals surface area contributed by atoms with Gasteiger partial charge in [-0.05, 0) is 45.4 Å². The van der Waals surface area contributed by atoms with E-state index in [2.05, 4.69) is 19.3 Å². The Balaban J connectivity index is 1.75. The highest BCUT2D eigenvalue weighted by atomic mass is 35.5. The molecule has 0 unspecified atom stereocenters. The number of rotatable bonds is 4. The lowest BCUT2D eigenvalue weighted by atomic mass is 9.89. The van der Waals surface area contributed by atoms with Gasteiger partial charge >= 0.3 is 0 Å². The van der Waals surface area contributed by atoms with Crippen molar-refractivity contribution in [3.05, 3.63) is 57.9 Å². The molecule has 33 heavy (non-hydrogen) atoms. The number of hydrogen-bond acceptors (Lipinski definition) is 8. The number of Topliss-reactive ketones (excluding diaryl/α,β-unsaturated/α-hetero) is 1. The van der Waals surface area contributed by atoms with E-state index >= 15 is 4.39 Å². The first-order valence-electron chi connectivity index (χ1n) is 10.3. The lowest BCUT2D eigenvalue weighted by molar-refractivity contribution is 0.0987. The second-order valence-corrected chi connectivity index (χ2v) is 12.1. The van der Waals surface area contributed by atoms with Crippen molar-refractivity contribution in [2.24, 2.45) is 15.1 Å². The summed E-state index contributed by atoms with van der Waals surface area (Å²) < 4.78 is 32.4. The molecule has 0 amide bonds. The van der Waals surface area contributed by atoms with Crippen molar-refractivity contribution in [1.29, 1.82) is 5.26 Å². The first-order valence-corrected chi connectivity index (χ1v) is 12.2. The van der Waals surface area contributed by atoms with E-state index in [9.17, 15) is 9.00 Å². The van der Waals surface area contributed by atoms with Crippen molar-refractivity contribution < 1.29 is 13.4 Å². The molecule has 0 bridgehead atoms. The number of amidine groups is 1. The number of pyridine rings is 2. The monoisotopic (exact) mass is 488 g/mol. The van der Waals surface area contributed by atoms with Crippen LogP contribution in [0.15, 0.2) is 33.8 Å². The molecule has 2 aromatic heterocycles. The van der Waals surface area contributed by atoms with Gasteiger partial charge in [-0.25, -0.2) is 13.0 Å². The van der Waals surface area contributed by atoms with Crippen molar-refractivity contribution in [1.82, 2.24) is 9.97 Å². The molecule has 8 nitrogen and oxygen atoms in total. The van der Waals surface area contributed by atoms with E-state index in [4.69, 9.17) is 22.6 Å². The van der Waals surface area contributed by atoms with Gasteiger partial charge in [0.2, 0.25) is 0 Å². The maximum Gasteiger partial charge on any atom is 0.188 e. The number of aliphatic imine (C=N–C) groups is 1. The van der Waals surface area contributed by atoms with Crippen LogP contribution in [0.4, 0.5) is 4.39 Å². The van der Waals surface area contributed by atoms with Crippen molar-refractivity contribution in [2.75, 3.05) is 6.54 Å². The highest BCUT2D eigenvalue weighted by molar-refractivity contribution is 7.96. The summed E-state index contributed by atoms with van der Waals surface area (Å²) in [6.45, 7) is 5.51. The summed E-state index contributed by atoms with van der Waals surface area (Å²) in [5.74, 6) is -0.937. The minimum Gasteiger partial charge on any atom is -0.386 e. The normalized spacial score (nSPS) is 27.8. The third kappa shape index (κ3) is 3.50. The molecule has 4 heterocycles. The number of nitrogens with zero attached hydrogens (tertiary/aromatic N) is 5. The second-order valence-electron chi connectivity index (χ2n) is 8.75. The summed E-state index contributed by atoms with van der Waals surface area (Å²) >= 11 is 6.10. The third-order valence-electron chi connectivity index (χ3n) is 6.35. The number of hydrogen-bond donors (Lipinski definition) is 1. The van der Waals surface area contributed by atoms with Crippen LogP contribution in [0.1, 0.15) is 54.6 Å². The Morgan fingerprint density at radius 1 is 1.39 bits per heavy atom. The van der Waals surface area contributed by atoms with Crippen LogP contribution in [-0.2, 0) is 21.7 Å². The fourth-order valence-electron chi connectivity index (χ4n) is 4.36. The van der Waals surface area contributed by atoms with Crippen LogP contribution in [-0.4, -0.2) is 42.3 Å². The first-order chi connectivity index (χ1) is 15.4. The molecule has 0 aromatic carbocycles. The SMILES string of the molecule is CC1(C)C(N)=N[C@](C)(c2nc(CC(=O)c3ncc(C#N)cc3Cl)ccc2F)[C@@H]2CCN=[S@@]21=O. The van der Waals surface area contributed by atoms with Crippen LogP contribution >= 0.6 is 11.6 Å². The van der Waals surface area contributed by atoms with Gasteiger partial charge in [0.05, 0.1) is 32.0 Å². The molecule has 0 radical (unpaired) electrons. The van der Waals surface area contributed by atoms with E-state index in [1.54, 1.807) is 20.8 Å². The standard InChI is InChI=1S/C22H22ClFN6O2S/c1-21(2)20(26)30-22(3,17-6-7-28-33(17,21)32)19-15(24)5-4-13(29-19)9-16(31)18-14(23)8-12(10-25)11-27-18/h4-5,8,11,17H,6-7,9H2,1-3H3,(H2,26,30)/t17-,22-,33+/m0/s1. The number of aromatic nitrogens is 2. The molecule has 0 saturated carbocycles. The largest absolute Gasteiger partial charge is 0.386 e. The fraction of sp³-hybridized carbons (Fsp3) is 0.409. The van der Waals surface area contributed by atoms with Crippen LogP contribution in [0.5, 0.6) is 0 Å². The molecule has 4 rings (SSSR count). The topological polar surface area (TPSA) is 134 Å². The summed E-state index contributed by atoms with van der Waals surface area (Å²) in [6.07, 6.45) is 1.52. The zero-order valence-electron chi connectivity index (χ0n) is 18.3. The molecule has 0 spiro atoms. The molecular formula is C22H22ClFN6O2S. The smallest absolute Gasteiger partial charge is 0.188 e. The maximum absolute atomic E-state index is 15.1. The molecule has 3 atom stereocenters. The zero-order valence-corrected chi connectivity index (χ0v) is 19.9. The summed E-state index contributed by atoms with van der Waals surface area (Å²) in [4.78, 5) is 25.8. The van der Waals surface area contributed by atoms with Crippen molar-refractivity contribution in [2.45, 2.75) is 49.1 Å². The van der Waals surface area contributed by atoms with E-state index in [1.807, 2.05) is 6.07 Å². The number of ketones is 1. The number of nitrogens with two attached hydrogens (primary N) is 1. The Labute approximate surface area is 196 Å². The highest BCUT2D eigenvalue weighted by Gasteiger charge is 2.57. The van der Waals surface area contributed by atoms with Gasteiger partial charge < -0.3 is 5.73 Å². The minimum absolute atomic E-state index is 0.00570. The maximum atomic E-state index is 15.1. The number of carbonyl (C=O) groups excluding carboxylic acids is 1. The molecular weight excluding hydrogens is 467 g/mol. The Hall–Kier alpha value is -2.90. The fourth-order valence-corrected chi connectivity index (χ4v) is 7.78. The van der Waals surface area contributed by atoms with Gasteiger partial charge in [-0.1, -0.05) is 11.6 Å². The molecule has 11 heteroatoms. The van der Waals surface area contributed by atoms with E-state index in [1.165, 1.54) is 24.4 Å². The summed E-state index contributed by atoms with van der Waals surface area (Å²) in [5.41, 5.74) is 5.38. The van der Waals surface area contributed by atoms with Gasteiger partial charge in [0, 0.05) is 18.4 Å². The van der Waals surface area contributed by atoms with E-state index < -0.39 is 36.9 Å². The predicted octanol–water partition coefficient (Wildman–Crippen LogP) is 3.17. The van der Waals surface area contributed by atoms with Gasteiger partial charge in [-0.3, -0.25) is 19.8 Å². The average molecular weight is 489 g/mol. The van der Waals surface area contributed by atoms with Gasteiger partial charge in [0.15, 0.2) is 5.78 Å². The minimum atomic E-state index is -2.85. The Kier molecular flexibility index (Phi) is 5.53. The van der Waals surface area contributed by atoms with E-state index in [0.29, 0.717) is 13.0 Å². The van der Waals surface area contributed by atoms with Crippen LogP contribution in [0.25, 0.3) is 0 Å². The van der Waals surface area contributed by atoms with Crippen LogP contribution in [0, 0.1) is 17.1 Å². The molecule has 0 aliphatic carbocycles. The Bertz CT molecular complexity index is 1380. The lowest BCUT2D eigenvalue weighted by Gasteiger charge is -2.44. The molecule has 2 N–H and O–H groups in total. The summed E-state index contributed by atoms with van der Waals surface area (Å²) in [5, 5.41) is 8.41. The Morgan fingerprint density at radius 3 is 2.79 bits per heavy atom. The molecule has 0 fully saturated rings. The predicted molar refractivity (Wildman–Crippen MR) is 123 cm³/mol. The highest BCUT2D eigenvalue weighted by Crippen LogP contribution is 2.47. The second kappa shape index (κ2) is 7.85. The summed E-state index contributed by atoms with van der Waals surface area (Å²) in [7, 11) is -2.85. The molecule has 2 aromatic rings. The third-order valence-corrected chi connectivity index (χ3v) is 10.3. The van der Waals surface area contributed by atoms with Crippen molar-refractivity contribution in [3.63, 3.8) is 0 Å². The van der Waals surface area contributed by atoms with Gasteiger partial charge in [-0.2, -0.15) is 5.26 Å². The number of nitriles is 1. The molecule has 0 saturated heterocycles. The Morgan fingerprint density at radius 2 is 2.12 bits per heavy atom. The number of halogens is 2. The lowest BCUT2D eigenvalue weighted by Crippen LogP contribution is -2.58. The van der Waals surface area contributed by atoms with E-state index in [0.717, 1.165) is 0 Å². The van der Waals surface area contributed by atoms with Gasteiger partial charge in [0.1, 0.15) is 39.4 Å². The number of fused-ring (bicyclic) bond motifs is 1. The van der Waals surface area contributed by atoms with Gasteiger partial charge in [-0.15, -0.1) is 0 Å². The summed E-state index contributed by atoms with van der Waals surface area (Å²) in [6, 6.07) is 5.87. The molecule has 2 aliphatic heterocycles. The first kappa shape index (κ1) is 23.3. The van der Waals surface area contributed by atoms with Crippen molar-refractivity contribution >= 4 is 32.9 Å². The molecule has 2 aliphatic rings. The quantitative estimate of drug-likeness (QED) is 0.656. The average Bonchev–Trinajstić information content (AvgIpc) is 3.18. The van der Waals surface area contributed by atoms with Crippen LogP contribution in [0.2, 0.25) is 5.02 Å². The zero-order chi connectivity index (χ0) is 24.2. The van der Waals surface area contributed by atoms with Crippen molar-refractivity contribution in [3.8, 4) is 6.07 Å². The molecule has 172 valence electrons. The number of carbonyl (C=O) groups is 1.